The zero-order valence-electron chi connectivity index (χ0n) is 11.7. The minimum atomic E-state index is 0.268. The van der Waals surface area contributed by atoms with Crippen molar-refractivity contribution in [2.24, 2.45) is 0 Å². The normalized spacial score (nSPS) is 12.2. The molecule has 0 radical (unpaired) electrons. The SMILES string of the molecule is CNC(C)c1ccc(C)cc1OCc1cccnc1. The molecule has 0 aliphatic carbocycles. The van der Waals surface area contributed by atoms with Gasteiger partial charge >= 0.3 is 0 Å². The van der Waals surface area contributed by atoms with Crippen LogP contribution >= 0.6 is 0 Å². The van der Waals surface area contributed by atoms with Crippen LogP contribution in [0.4, 0.5) is 0 Å². The van der Waals surface area contributed by atoms with Crippen LogP contribution in [0.3, 0.4) is 0 Å². The first-order valence-corrected chi connectivity index (χ1v) is 6.50. The molecule has 0 aliphatic rings. The molecular weight excluding hydrogens is 236 g/mol. The molecule has 100 valence electrons. The lowest BCUT2D eigenvalue weighted by Gasteiger charge is -2.17. The lowest BCUT2D eigenvalue weighted by molar-refractivity contribution is 0.299. The van der Waals surface area contributed by atoms with Gasteiger partial charge in [-0.1, -0.05) is 18.2 Å². The summed E-state index contributed by atoms with van der Waals surface area (Å²) in [6.45, 7) is 4.74. The van der Waals surface area contributed by atoms with E-state index in [4.69, 9.17) is 4.74 Å². The Kier molecular flexibility index (Phi) is 4.53. The zero-order chi connectivity index (χ0) is 13.7. The third-order valence-electron chi connectivity index (χ3n) is 3.19. The van der Waals surface area contributed by atoms with Crippen LogP contribution in [-0.4, -0.2) is 12.0 Å². The molecule has 1 heterocycles. The summed E-state index contributed by atoms with van der Waals surface area (Å²) in [5.41, 5.74) is 3.46. The molecule has 2 rings (SSSR count). The van der Waals surface area contributed by atoms with Crippen molar-refractivity contribution in [1.29, 1.82) is 0 Å². The van der Waals surface area contributed by atoms with Gasteiger partial charge in [-0.25, -0.2) is 0 Å². The summed E-state index contributed by atoms with van der Waals surface area (Å²) < 4.78 is 5.95. The van der Waals surface area contributed by atoms with E-state index in [2.05, 4.69) is 42.3 Å². The van der Waals surface area contributed by atoms with Crippen molar-refractivity contribution < 1.29 is 4.74 Å². The Morgan fingerprint density at radius 1 is 1.32 bits per heavy atom. The highest BCUT2D eigenvalue weighted by molar-refractivity contribution is 5.39. The Bertz CT molecular complexity index is 526. The number of benzene rings is 1. The summed E-state index contributed by atoms with van der Waals surface area (Å²) in [6.07, 6.45) is 3.60. The van der Waals surface area contributed by atoms with E-state index < -0.39 is 0 Å². The van der Waals surface area contributed by atoms with Crippen LogP contribution in [0.1, 0.15) is 29.7 Å². The Labute approximate surface area is 114 Å². The van der Waals surface area contributed by atoms with Gasteiger partial charge in [0.05, 0.1) is 0 Å². The molecule has 1 unspecified atom stereocenters. The number of aryl methyl sites for hydroxylation is 1. The summed E-state index contributed by atoms with van der Waals surface area (Å²) in [5.74, 6) is 0.936. The average molecular weight is 256 g/mol. The van der Waals surface area contributed by atoms with Crippen molar-refractivity contribution in [2.75, 3.05) is 7.05 Å². The van der Waals surface area contributed by atoms with Gasteiger partial charge in [0.15, 0.2) is 0 Å². The van der Waals surface area contributed by atoms with Gasteiger partial charge in [-0.2, -0.15) is 0 Å². The number of nitrogens with zero attached hydrogens (tertiary/aromatic N) is 1. The summed E-state index contributed by atoms with van der Waals surface area (Å²) in [7, 11) is 1.95. The predicted molar refractivity (Wildman–Crippen MR) is 77.2 cm³/mol. The maximum Gasteiger partial charge on any atom is 0.124 e. The van der Waals surface area contributed by atoms with Crippen LogP contribution in [0.5, 0.6) is 5.75 Å². The maximum absolute atomic E-state index is 5.95. The fourth-order valence-electron chi connectivity index (χ4n) is 1.92. The predicted octanol–water partition coefficient (Wildman–Crippen LogP) is 3.25. The molecule has 1 N–H and O–H groups in total. The van der Waals surface area contributed by atoms with E-state index in [1.165, 1.54) is 11.1 Å². The monoisotopic (exact) mass is 256 g/mol. The number of hydrogen-bond acceptors (Lipinski definition) is 3. The molecule has 0 fully saturated rings. The van der Waals surface area contributed by atoms with Crippen molar-refractivity contribution in [3.8, 4) is 5.75 Å². The molecule has 1 atom stereocenters. The second-order valence-electron chi connectivity index (χ2n) is 4.70. The molecule has 19 heavy (non-hydrogen) atoms. The molecule has 3 nitrogen and oxygen atoms in total. The van der Waals surface area contributed by atoms with Crippen molar-refractivity contribution in [1.82, 2.24) is 10.3 Å². The highest BCUT2D eigenvalue weighted by Gasteiger charge is 2.10. The molecule has 3 heteroatoms. The van der Waals surface area contributed by atoms with Gasteiger partial charge in [0, 0.05) is 29.6 Å². The standard InChI is InChI=1S/C16H20N2O/c1-12-6-7-15(13(2)17-3)16(9-12)19-11-14-5-4-8-18-10-14/h4-10,13,17H,11H2,1-3H3. The van der Waals surface area contributed by atoms with Gasteiger partial charge in [0.25, 0.3) is 0 Å². The summed E-state index contributed by atoms with van der Waals surface area (Å²) in [4.78, 5) is 4.10. The first-order chi connectivity index (χ1) is 9.20. The molecule has 0 amide bonds. The molecule has 0 spiro atoms. The summed E-state index contributed by atoms with van der Waals surface area (Å²) in [5, 5.41) is 3.25. The highest BCUT2D eigenvalue weighted by atomic mass is 16.5. The summed E-state index contributed by atoms with van der Waals surface area (Å²) >= 11 is 0. The molecular formula is C16H20N2O. The third-order valence-corrected chi connectivity index (χ3v) is 3.19. The van der Waals surface area contributed by atoms with Crippen molar-refractivity contribution in [3.63, 3.8) is 0 Å². The number of aromatic nitrogens is 1. The molecule has 1 aromatic heterocycles. The smallest absolute Gasteiger partial charge is 0.124 e. The van der Waals surface area contributed by atoms with Gasteiger partial charge in [-0.3, -0.25) is 4.98 Å². The second-order valence-corrected chi connectivity index (χ2v) is 4.70. The Balaban J connectivity index is 2.16. The molecule has 1 aromatic carbocycles. The van der Waals surface area contributed by atoms with Crippen LogP contribution in [0.15, 0.2) is 42.7 Å². The average Bonchev–Trinajstić information content (AvgIpc) is 2.45. The number of nitrogens with one attached hydrogen (secondary N) is 1. The van der Waals surface area contributed by atoms with Crippen LogP contribution in [-0.2, 0) is 6.61 Å². The van der Waals surface area contributed by atoms with Gasteiger partial charge in [0.2, 0.25) is 0 Å². The zero-order valence-corrected chi connectivity index (χ0v) is 11.7. The van der Waals surface area contributed by atoms with E-state index in [-0.39, 0.29) is 6.04 Å². The minimum Gasteiger partial charge on any atom is -0.488 e. The maximum atomic E-state index is 5.95. The number of rotatable bonds is 5. The Morgan fingerprint density at radius 2 is 2.16 bits per heavy atom. The van der Waals surface area contributed by atoms with Crippen molar-refractivity contribution in [3.05, 3.63) is 59.4 Å². The number of pyridine rings is 1. The van der Waals surface area contributed by atoms with E-state index in [1.807, 2.05) is 25.4 Å². The first-order valence-electron chi connectivity index (χ1n) is 6.50. The molecule has 0 saturated carbocycles. The summed E-state index contributed by atoms with van der Waals surface area (Å²) in [6, 6.07) is 10.5. The van der Waals surface area contributed by atoms with Crippen LogP contribution in [0.2, 0.25) is 0 Å². The third kappa shape index (κ3) is 3.55. The molecule has 0 bridgehead atoms. The van der Waals surface area contributed by atoms with E-state index in [0.717, 1.165) is 11.3 Å². The van der Waals surface area contributed by atoms with Crippen LogP contribution in [0, 0.1) is 6.92 Å². The molecule has 2 aromatic rings. The first kappa shape index (κ1) is 13.6. The van der Waals surface area contributed by atoms with Gasteiger partial charge in [-0.15, -0.1) is 0 Å². The van der Waals surface area contributed by atoms with E-state index in [9.17, 15) is 0 Å². The fourth-order valence-corrected chi connectivity index (χ4v) is 1.92. The van der Waals surface area contributed by atoms with Crippen molar-refractivity contribution >= 4 is 0 Å². The van der Waals surface area contributed by atoms with E-state index >= 15 is 0 Å². The Hall–Kier alpha value is -1.87. The van der Waals surface area contributed by atoms with Gasteiger partial charge < -0.3 is 10.1 Å². The molecule has 0 saturated heterocycles. The van der Waals surface area contributed by atoms with E-state index in [1.54, 1.807) is 6.20 Å². The number of hydrogen-bond donors (Lipinski definition) is 1. The second kappa shape index (κ2) is 6.34. The largest absolute Gasteiger partial charge is 0.488 e. The lowest BCUT2D eigenvalue weighted by atomic mass is 10.1. The fraction of sp³-hybridized carbons (Fsp3) is 0.312. The molecule has 0 aliphatic heterocycles. The van der Waals surface area contributed by atoms with Crippen molar-refractivity contribution in [2.45, 2.75) is 26.5 Å². The topological polar surface area (TPSA) is 34.1 Å². The van der Waals surface area contributed by atoms with Crippen LogP contribution in [0.25, 0.3) is 0 Å². The highest BCUT2D eigenvalue weighted by Crippen LogP contribution is 2.26. The number of ether oxygens (including phenoxy) is 1. The lowest BCUT2D eigenvalue weighted by Crippen LogP contribution is -2.14. The van der Waals surface area contributed by atoms with Gasteiger partial charge in [-0.05, 0) is 38.6 Å². The van der Waals surface area contributed by atoms with Gasteiger partial charge in [0.1, 0.15) is 12.4 Å². The quantitative estimate of drug-likeness (QED) is 0.891. The minimum absolute atomic E-state index is 0.268. The van der Waals surface area contributed by atoms with Crippen LogP contribution < -0.4 is 10.1 Å². The Morgan fingerprint density at radius 3 is 2.84 bits per heavy atom. The van der Waals surface area contributed by atoms with E-state index in [0.29, 0.717) is 6.61 Å².